The lowest BCUT2D eigenvalue weighted by Crippen LogP contribution is -2.35. The molecule has 1 aliphatic rings. The Kier molecular flexibility index (Phi) is 4.53. The van der Waals surface area contributed by atoms with E-state index in [2.05, 4.69) is 19.2 Å². The van der Waals surface area contributed by atoms with Gasteiger partial charge in [0.25, 0.3) is 5.69 Å². The van der Waals surface area contributed by atoms with E-state index in [9.17, 15) is 10.1 Å². The number of nitro groups is 1. The van der Waals surface area contributed by atoms with Gasteiger partial charge in [0.2, 0.25) is 0 Å². The Bertz CT molecular complexity index is 430. The first-order valence-electron chi connectivity index (χ1n) is 7.06. The highest BCUT2D eigenvalue weighted by molar-refractivity contribution is 5.34. The zero-order chi connectivity index (χ0) is 13.8. The maximum atomic E-state index is 10.6. The number of nitrogens with one attached hydrogen (secondary N) is 1. The molecule has 1 N–H and O–H groups in total. The van der Waals surface area contributed by atoms with Crippen LogP contribution in [0.3, 0.4) is 0 Å². The first-order chi connectivity index (χ1) is 9.06. The third-order valence-electron chi connectivity index (χ3n) is 4.03. The largest absolute Gasteiger partial charge is 0.307 e. The Morgan fingerprint density at radius 3 is 2.58 bits per heavy atom. The van der Waals surface area contributed by atoms with E-state index in [1.54, 1.807) is 12.1 Å². The summed E-state index contributed by atoms with van der Waals surface area (Å²) in [5.74, 6) is 0.801. The van der Waals surface area contributed by atoms with Crippen molar-refractivity contribution in [3.63, 3.8) is 0 Å². The van der Waals surface area contributed by atoms with E-state index in [1.165, 1.54) is 25.7 Å². The van der Waals surface area contributed by atoms with Gasteiger partial charge >= 0.3 is 0 Å². The molecule has 4 nitrogen and oxygen atoms in total. The van der Waals surface area contributed by atoms with E-state index >= 15 is 0 Å². The van der Waals surface area contributed by atoms with Crippen molar-refractivity contribution in [3.05, 3.63) is 39.9 Å². The van der Waals surface area contributed by atoms with Crippen molar-refractivity contribution < 1.29 is 4.92 Å². The second-order valence-corrected chi connectivity index (χ2v) is 5.71. The molecule has 2 rings (SSSR count). The zero-order valence-corrected chi connectivity index (χ0v) is 11.6. The minimum absolute atomic E-state index is 0.155. The van der Waals surface area contributed by atoms with Gasteiger partial charge in [-0.05, 0) is 31.2 Å². The summed E-state index contributed by atoms with van der Waals surface area (Å²) in [6, 6.07) is 7.68. The van der Waals surface area contributed by atoms with Gasteiger partial charge < -0.3 is 5.32 Å². The zero-order valence-electron chi connectivity index (χ0n) is 11.6. The van der Waals surface area contributed by atoms with Gasteiger partial charge in [0, 0.05) is 24.2 Å². The van der Waals surface area contributed by atoms with E-state index in [0.29, 0.717) is 6.04 Å². The molecule has 0 aliphatic heterocycles. The first-order valence-corrected chi connectivity index (χ1v) is 7.06. The molecule has 0 aromatic heterocycles. The number of non-ortho nitro benzene ring substituents is 1. The molecule has 104 valence electrons. The normalized spacial score (nSPS) is 24.9. The Hall–Kier alpha value is -1.42. The van der Waals surface area contributed by atoms with Crippen molar-refractivity contribution >= 4 is 5.69 Å². The summed E-state index contributed by atoms with van der Waals surface area (Å²) >= 11 is 0. The van der Waals surface area contributed by atoms with Gasteiger partial charge in [-0.3, -0.25) is 10.1 Å². The van der Waals surface area contributed by atoms with Crippen LogP contribution in [-0.4, -0.2) is 11.0 Å². The number of benzene rings is 1. The van der Waals surface area contributed by atoms with Gasteiger partial charge in [-0.1, -0.05) is 31.9 Å². The van der Waals surface area contributed by atoms with Crippen LogP contribution in [0.4, 0.5) is 5.69 Å². The molecule has 0 bridgehead atoms. The van der Waals surface area contributed by atoms with Crippen LogP contribution in [0.2, 0.25) is 0 Å². The minimum atomic E-state index is -0.356. The lowest BCUT2D eigenvalue weighted by molar-refractivity contribution is -0.384. The summed E-state index contributed by atoms with van der Waals surface area (Å²) in [6.07, 6.45) is 5.11. The standard InChI is InChI=1S/C15H22N2O2/c1-11-4-3-5-14(10-11)16-12(2)13-6-8-15(9-7-13)17(18)19/h6-9,11-12,14,16H,3-5,10H2,1-2H3. The van der Waals surface area contributed by atoms with E-state index in [-0.39, 0.29) is 16.7 Å². The second-order valence-electron chi connectivity index (χ2n) is 5.71. The van der Waals surface area contributed by atoms with Crippen molar-refractivity contribution in [2.24, 2.45) is 5.92 Å². The molecule has 1 saturated carbocycles. The van der Waals surface area contributed by atoms with Gasteiger partial charge in [0.05, 0.1) is 4.92 Å². The topological polar surface area (TPSA) is 55.2 Å². The van der Waals surface area contributed by atoms with Crippen LogP contribution in [0.25, 0.3) is 0 Å². The number of nitrogens with zero attached hydrogens (tertiary/aromatic N) is 1. The third-order valence-corrected chi connectivity index (χ3v) is 4.03. The predicted octanol–water partition coefficient (Wildman–Crippen LogP) is 3.82. The van der Waals surface area contributed by atoms with Gasteiger partial charge in [-0.15, -0.1) is 0 Å². The average molecular weight is 262 g/mol. The molecule has 0 spiro atoms. The van der Waals surface area contributed by atoms with E-state index in [1.807, 2.05) is 12.1 Å². The van der Waals surface area contributed by atoms with Crippen LogP contribution in [0.1, 0.15) is 51.1 Å². The highest BCUT2D eigenvalue weighted by Crippen LogP contribution is 2.26. The van der Waals surface area contributed by atoms with Crippen LogP contribution >= 0.6 is 0 Å². The summed E-state index contributed by atoms with van der Waals surface area (Å²) in [7, 11) is 0. The number of hydrogen-bond acceptors (Lipinski definition) is 3. The first kappa shape index (κ1) is 14.0. The number of nitro benzene ring substituents is 1. The van der Waals surface area contributed by atoms with E-state index < -0.39 is 0 Å². The molecule has 0 heterocycles. The second kappa shape index (κ2) is 6.15. The van der Waals surface area contributed by atoms with E-state index in [0.717, 1.165) is 11.5 Å². The van der Waals surface area contributed by atoms with Crippen LogP contribution < -0.4 is 5.32 Å². The number of hydrogen-bond donors (Lipinski definition) is 1. The van der Waals surface area contributed by atoms with Crippen molar-refractivity contribution in [2.45, 2.75) is 51.6 Å². The van der Waals surface area contributed by atoms with Gasteiger partial charge in [0.1, 0.15) is 0 Å². The van der Waals surface area contributed by atoms with Crippen LogP contribution in [0.5, 0.6) is 0 Å². The summed E-state index contributed by atoms with van der Waals surface area (Å²) in [5, 5.41) is 14.3. The summed E-state index contributed by atoms with van der Waals surface area (Å²) in [5.41, 5.74) is 1.27. The minimum Gasteiger partial charge on any atom is -0.307 e. The quantitative estimate of drug-likeness (QED) is 0.663. The molecule has 4 heteroatoms. The van der Waals surface area contributed by atoms with Crippen LogP contribution in [0, 0.1) is 16.0 Å². The fourth-order valence-electron chi connectivity index (χ4n) is 2.92. The summed E-state index contributed by atoms with van der Waals surface area (Å²) in [6.45, 7) is 4.44. The molecule has 0 radical (unpaired) electrons. The van der Waals surface area contributed by atoms with Crippen LogP contribution in [-0.2, 0) is 0 Å². The lowest BCUT2D eigenvalue weighted by Gasteiger charge is -2.30. The van der Waals surface area contributed by atoms with Gasteiger partial charge in [-0.2, -0.15) is 0 Å². The fourth-order valence-corrected chi connectivity index (χ4v) is 2.92. The lowest BCUT2D eigenvalue weighted by atomic mass is 9.86. The van der Waals surface area contributed by atoms with Crippen molar-refractivity contribution in [1.29, 1.82) is 0 Å². The monoisotopic (exact) mass is 262 g/mol. The summed E-state index contributed by atoms with van der Waals surface area (Å²) < 4.78 is 0. The molecule has 1 aliphatic carbocycles. The SMILES string of the molecule is CC1CCCC(NC(C)c2ccc([N+](=O)[O-])cc2)C1. The van der Waals surface area contributed by atoms with Crippen molar-refractivity contribution in [3.8, 4) is 0 Å². The molecule has 1 aromatic carbocycles. The molecular formula is C15H22N2O2. The van der Waals surface area contributed by atoms with Crippen molar-refractivity contribution in [2.75, 3.05) is 0 Å². The molecule has 0 amide bonds. The van der Waals surface area contributed by atoms with Gasteiger partial charge in [0.15, 0.2) is 0 Å². The Labute approximate surface area is 114 Å². The maximum Gasteiger partial charge on any atom is 0.269 e. The molecule has 19 heavy (non-hydrogen) atoms. The van der Waals surface area contributed by atoms with Gasteiger partial charge in [-0.25, -0.2) is 0 Å². The highest BCUT2D eigenvalue weighted by atomic mass is 16.6. The van der Waals surface area contributed by atoms with Crippen molar-refractivity contribution in [1.82, 2.24) is 5.32 Å². The molecule has 1 fully saturated rings. The predicted molar refractivity (Wildman–Crippen MR) is 76.1 cm³/mol. The Morgan fingerprint density at radius 1 is 1.32 bits per heavy atom. The number of rotatable bonds is 4. The van der Waals surface area contributed by atoms with Crippen LogP contribution in [0.15, 0.2) is 24.3 Å². The average Bonchev–Trinajstić information content (AvgIpc) is 2.39. The summed E-state index contributed by atoms with van der Waals surface area (Å²) in [4.78, 5) is 10.3. The highest BCUT2D eigenvalue weighted by Gasteiger charge is 2.20. The molecule has 1 aromatic rings. The Balaban J connectivity index is 1.95. The third kappa shape index (κ3) is 3.77. The Morgan fingerprint density at radius 2 is 2.00 bits per heavy atom. The smallest absolute Gasteiger partial charge is 0.269 e. The maximum absolute atomic E-state index is 10.6. The molecule has 3 unspecified atom stereocenters. The fraction of sp³-hybridized carbons (Fsp3) is 0.600. The molecular weight excluding hydrogens is 240 g/mol. The molecule has 3 atom stereocenters. The van der Waals surface area contributed by atoms with E-state index in [4.69, 9.17) is 0 Å². The molecule has 0 saturated heterocycles.